The van der Waals surface area contributed by atoms with E-state index in [4.69, 9.17) is 14.2 Å². The number of nitrogens with zero attached hydrogens (tertiary/aromatic N) is 5. The zero-order chi connectivity index (χ0) is 33.8. The van der Waals surface area contributed by atoms with Crippen molar-refractivity contribution in [1.82, 2.24) is 35.7 Å². The third-order valence-corrected chi connectivity index (χ3v) is 8.71. The Balaban J connectivity index is 1.45. The average molecular weight is 652 g/mol. The summed E-state index contributed by atoms with van der Waals surface area (Å²) < 4.78 is 16.1. The van der Waals surface area contributed by atoms with Gasteiger partial charge >= 0.3 is 12.1 Å². The van der Waals surface area contributed by atoms with E-state index in [-0.39, 0.29) is 25.5 Å². The van der Waals surface area contributed by atoms with Gasteiger partial charge in [0.05, 0.1) is 19.4 Å². The fourth-order valence-corrected chi connectivity index (χ4v) is 6.20. The standard InChI is InChI=1S/C33H45N7O7/c1-6-46-30(43)33-19-22(33)12-10-8-7-9-11-13-25(34-31(44)47-32(2,3)4)29(42)39-20-21(18-26(39)28(41)35-33)27-36-38-40(37-27)23-14-16-24(45-5)17-15-23/h10,12,14-17,21-22,25-26H,6-9,11,13,18-20H2,1-5H3,(H,34,44)(H,35,41)/t21-,22-,25+,26+,33-/m1/s1. The third kappa shape index (κ3) is 7.91. The Bertz CT molecular complexity index is 1480. The first-order valence-electron chi connectivity index (χ1n) is 16.3. The molecule has 3 amide bonds. The lowest BCUT2D eigenvalue weighted by Crippen LogP contribution is -2.56. The van der Waals surface area contributed by atoms with Gasteiger partial charge in [0.25, 0.3) is 0 Å². The third-order valence-electron chi connectivity index (χ3n) is 8.71. The molecular weight excluding hydrogens is 606 g/mol. The van der Waals surface area contributed by atoms with Crippen LogP contribution in [-0.2, 0) is 23.9 Å². The molecule has 254 valence electrons. The summed E-state index contributed by atoms with van der Waals surface area (Å²) in [7, 11) is 1.58. The maximum absolute atomic E-state index is 14.3. The van der Waals surface area contributed by atoms with E-state index < -0.39 is 53.0 Å². The lowest BCUT2D eigenvalue weighted by atomic mass is 10.0. The summed E-state index contributed by atoms with van der Waals surface area (Å²) in [5.74, 6) is -0.964. The number of allylic oxidation sites excluding steroid dienone is 1. The highest BCUT2D eigenvalue weighted by atomic mass is 16.6. The number of hydrogen-bond acceptors (Lipinski definition) is 10. The van der Waals surface area contributed by atoms with Gasteiger partial charge < -0.3 is 29.7 Å². The van der Waals surface area contributed by atoms with Gasteiger partial charge in [-0.1, -0.05) is 25.0 Å². The number of aromatic nitrogens is 4. The van der Waals surface area contributed by atoms with Crippen molar-refractivity contribution in [3.63, 3.8) is 0 Å². The van der Waals surface area contributed by atoms with Crippen LogP contribution in [0.2, 0.25) is 0 Å². The van der Waals surface area contributed by atoms with Crippen molar-refractivity contribution in [3.05, 3.63) is 42.2 Å². The number of hydrogen-bond donors (Lipinski definition) is 2. The van der Waals surface area contributed by atoms with Gasteiger partial charge in [0, 0.05) is 18.4 Å². The molecule has 14 heteroatoms. The van der Waals surface area contributed by atoms with E-state index in [1.807, 2.05) is 12.2 Å². The predicted octanol–water partition coefficient (Wildman–Crippen LogP) is 3.21. The molecule has 1 aliphatic carbocycles. The van der Waals surface area contributed by atoms with Gasteiger partial charge in [-0.25, -0.2) is 9.59 Å². The highest BCUT2D eigenvalue weighted by molar-refractivity contribution is 5.96. The van der Waals surface area contributed by atoms with Gasteiger partial charge in [0.1, 0.15) is 29.0 Å². The molecule has 0 spiro atoms. The summed E-state index contributed by atoms with van der Waals surface area (Å²) in [4.78, 5) is 57.2. The first-order valence-corrected chi connectivity index (χ1v) is 16.3. The SMILES string of the molecule is CCOC(=O)[C@@]12C[C@H]1C=CCCCCC[C@H](NC(=O)OC(C)(C)C)C(=O)N1C[C@H](c3nnn(-c4ccc(OC)cc4)n3)C[C@H]1C(=O)N2. The van der Waals surface area contributed by atoms with Crippen LogP contribution in [0.4, 0.5) is 4.79 Å². The second-order valence-electron chi connectivity index (χ2n) is 13.3. The maximum atomic E-state index is 14.3. The predicted molar refractivity (Wildman–Crippen MR) is 170 cm³/mol. The molecule has 0 unspecified atom stereocenters. The van der Waals surface area contributed by atoms with Crippen LogP contribution >= 0.6 is 0 Å². The lowest BCUT2D eigenvalue weighted by Gasteiger charge is -2.30. The van der Waals surface area contributed by atoms with Crippen LogP contribution in [0.5, 0.6) is 5.75 Å². The summed E-state index contributed by atoms with van der Waals surface area (Å²) in [6.45, 7) is 7.27. The quantitative estimate of drug-likeness (QED) is 0.350. The molecule has 1 saturated carbocycles. The van der Waals surface area contributed by atoms with Crippen molar-refractivity contribution in [1.29, 1.82) is 0 Å². The number of tetrazole rings is 1. The smallest absolute Gasteiger partial charge is 0.408 e. The lowest BCUT2D eigenvalue weighted by molar-refractivity contribution is -0.150. The summed E-state index contributed by atoms with van der Waals surface area (Å²) >= 11 is 0. The molecule has 2 N–H and O–H groups in total. The van der Waals surface area contributed by atoms with Gasteiger partial charge in [-0.3, -0.25) is 9.59 Å². The van der Waals surface area contributed by atoms with E-state index in [1.165, 1.54) is 9.70 Å². The van der Waals surface area contributed by atoms with Crippen LogP contribution in [0.15, 0.2) is 36.4 Å². The molecule has 3 heterocycles. The number of methoxy groups -OCH3 is 1. The number of esters is 1. The second-order valence-corrected chi connectivity index (χ2v) is 13.3. The molecule has 1 saturated heterocycles. The molecule has 14 nitrogen and oxygen atoms in total. The minimum Gasteiger partial charge on any atom is -0.497 e. The molecule has 1 aromatic carbocycles. The Morgan fingerprint density at radius 2 is 1.89 bits per heavy atom. The fourth-order valence-electron chi connectivity index (χ4n) is 6.20. The van der Waals surface area contributed by atoms with Crippen LogP contribution in [0.1, 0.15) is 84.4 Å². The molecule has 2 fully saturated rings. The highest BCUT2D eigenvalue weighted by Gasteiger charge is 2.62. The molecule has 2 aromatic rings. The van der Waals surface area contributed by atoms with E-state index in [9.17, 15) is 19.2 Å². The van der Waals surface area contributed by atoms with Crippen LogP contribution in [0.25, 0.3) is 5.69 Å². The normalized spacial score (nSPS) is 26.6. The molecule has 3 aliphatic rings. The van der Waals surface area contributed by atoms with Crippen molar-refractivity contribution in [2.45, 2.75) is 102 Å². The number of benzene rings is 1. The van der Waals surface area contributed by atoms with Crippen molar-refractivity contribution < 1.29 is 33.4 Å². The van der Waals surface area contributed by atoms with Crippen molar-refractivity contribution in [2.24, 2.45) is 5.92 Å². The number of rotatable bonds is 6. The molecule has 5 rings (SSSR count). The van der Waals surface area contributed by atoms with Gasteiger partial charge in [0.15, 0.2) is 5.82 Å². The summed E-state index contributed by atoms with van der Waals surface area (Å²) in [6.07, 6.45) is 7.48. The maximum Gasteiger partial charge on any atom is 0.408 e. The van der Waals surface area contributed by atoms with Crippen LogP contribution < -0.4 is 15.4 Å². The highest BCUT2D eigenvalue weighted by Crippen LogP contribution is 2.46. The zero-order valence-corrected chi connectivity index (χ0v) is 27.7. The Morgan fingerprint density at radius 3 is 2.60 bits per heavy atom. The first-order chi connectivity index (χ1) is 22.4. The van der Waals surface area contributed by atoms with Crippen LogP contribution in [0, 0.1) is 5.92 Å². The zero-order valence-electron chi connectivity index (χ0n) is 27.7. The van der Waals surface area contributed by atoms with Crippen molar-refractivity contribution >= 4 is 23.9 Å². The number of fused-ring (bicyclic) bond motifs is 2. The summed E-state index contributed by atoms with van der Waals surface area (Å²) in [6, 6.07) is 5.28. The van der Waals surface area contributed by atoms with Crippen molar-refractivity contribution in [3.8, 4) is 11.4 Å². The van der Waals surface area contributed by atoms with E-state index in [0.29, 0.717) is 36.5 Å². The van der Waals surface area contributed by atoms with E-state index in [2.05, 4.69) is 26.0 Å². The van der Waals surface area contributed by atoms with Crippen molar-refractivity contribution in [2.75, 3.05) is 20.3 Å². The number of nitrogens with one attached hydrogen (secondary N) is 2. The Kier molecular flexibility index (Phi) is 10.2. The first kappa shape index (κ1) is 33.9. The van der Waals surface area contributed by atoms with Crippen LogP contribution in [0.3, 0.4) is 0 Å². The fraction of sp³-hybridized carbons (Fsp3) is 0.606. The van der Waals surface area contributed by atoms with E-state index in [1.54, 1.807) is 59.1 Å². The monoisotopic (exact) mass is 651 g/mol. The number of ether oxygens (including phenoxy) is 3. The molecule has 0 radical (unpaired) electrons. The van der Waals surface area contributed by atoms with Crippen LogP contribution in [-0.4, -0.2) is 92.5 Å². The second kappa shape index (κ2) is 14.1. The largest absolute Gasteiger partial charge is 0.497 e. The van der Waals surface area contributed by atoms with Gasteiger partial charge in [-0.2, -0.15) is 0 Å². The summed E-state index contributed by atoms with van der Waals surface area (Å²) in [5, 5.41) is 18.8. The minimum atomic E-state index is -1.19. The van der Waals surface area contributed by atoms with Gasteiger partial charge in [-0.15, -0.1) is 15.0 Å². The van der Waals surface area contributed by atoms with Gasteiger partial charge in [-0.05, 0) is 89.3 Å². The molecule has 0 bridgehead atoms. The number of carbonyl (C=O) groups excluding carboxylic acids is 4. The number of carbonyl (C=O) groups is 4. The van der Waals surface area contributed by atoms with E-state index >= 15 is 0 Å². The molecule has 1 aromatic heterocycles. The minimum absolute atomic E-state index is 0.119. The molecule has 47 heavy (non-hydrogen) atoms. The summed E-state index contributed by atoms with van der Waals surface area (Å²) in [5.41, 5.74) is -1.29. The molecule has 2 aliphatic heterocycles. The number of amides is 3. The Morgan fingerprint density at radius 1 is 1.13 bits per heavy atom. The Hall–Kier alpha value is -4.49. The Labute approximate surface area is 274 Å². The molecular formula is C33H45N7O7. The average Bonchev–Trinajstić information content (AvgIpc) is 3.34. The topological polar surface area (TPSA) is 167 Å². The van der Waals surface area contributed by atoms with E-state index in [0.717, 1.165) is 19.3 Å². The van der Waals surface area contributed by atoms with Gasteiger partial charge in [0.2, 0.25) is 11.8 Å². The molecule has 5 atom stereocenters. The number of alkyl carbamates (subject to hydrolysis) is 1.